The van der Waals surface area contributed by atoms with E-state index < -0.39 is 0 Å². The first-order chi connectivity index (χ1) is 4.27. The Morgan fingerprint density at radius 1 is 1.78 bits per heavy atom. The van der Waals surface area contributed by atoms with E-state index in [-0.39, 0.29) is 5.96 Å². The Bertz CT molecular complexity index is 136. The number of aliphatic imine (C=N–C) groups is 1. The normalized spacial score (nSPS) is 10.8. The van der Waals surface area contributed by atoms with Gasteiger partial charge in [0.2, 0.25) is 0 Å². The zero-order valence-electron chi connectivity index (χ0n) is 5.26. The van der Waals surface area contributed by atoms with Gasteiger partial charge < -0.3 is 11.1 Å². The van der Waals surface area contributed by atoms with Crippen LogP contribution in [0.2, 0.25) is 0 Å². The molecular formula is C5H10N4. The number of rotatable bonds is 2. The molecule has 0 aliphatic heterocycles. The maximum Gasteiger partial charge on any atom is 0.190 e. The molecule has 50 valence electrons. The molecule has 0 aliphatic rings. The van der Waals surface area contributed by atoms with Gasteiger partial charge in [-0.05, 0) is 6.92 Å². The van der Waals surface area contributed by atoms with Gasteiger partial charge >= 0.3 is 0 Å². The molecule has 9 heavy (non-hydrogen) atoms. The molecule has 0 unspecified atom stereocenters. The predicted octanol–water partition coefficient (Wildman–Crippen LogP) is 0.0314. The number of guanidine groups is 1. The van der Waals surface area contributed by atoms with Crippen molar-refractivity contribution in [2.24, 2.45) is 10.7 Å². The van der Waals surface area contributed by atoms with Crippen LogP contribution in [0.4, 0.5) is 0 Å². The summed E-state index contributed by atoms with van der Waals surface area (Å²) in [4.78, 5) is 3.69. The van der Waals surface area contributed by atoms with E-state index >= 15 is 0 Å². The second-order valence-electron chi connectivity index (χ2n) is 1.32. The van der Waals surface area contributed by atoms with E-state index in [1.807, 2.05) is 6.92 Å². The van der Waals surface area contributed by atoms with Crippen molar-refractivity contribution in [3.05, 3.63) is 12.3 Å². The Kier molecular flexibility index (Phi) is 4.12. The lowest BCUT2D eigenvalue weighted by atomic mass is 10.7. The molecule has 0 spiro atoms. The fraction of sp³-hybridized carbons (Fsp3) is 0.200. The first-order valence-corrected chi connectivity index (χ1v) is 2.50. The van der Waals surface area contributed by atoms with Crippen LogP contribution in [0.3, 0.4) is 0 Å². The molecule has 0 aromatic carbocycles. The standard InChI is InChI=1S/C5H10N4/c1-2-3-8-4-9-5(6)7/h2-4H,1H3,(H4,6,7,8,9)/b3-2+. The summed E-state index contributed by atoms with van der Waals surface area (Å²) in [5, 5.41) is 9.08. The highest BCUT2D eigenvalue weighted by atomic mass is 15.1. The Labute approximate surface area is 54.0 Å². The fourth-order valence-electron chi connectivity index (χ4n) is 0.236. The summed E-state index contributed by atoms with van der Waals surface area (Å²) < 4.78 is 0. The summed E-state index contributed by atoms with van der Waals surface area (Å²) in [6, 6.07) is 0. The van der Waals surface area contributed by atoms with Crippen LogP contribution < -0.4 is 11.1 Å². The van der Waals surface area contributed by atoms with Crippen LogP contribution in [-0.4, -0.2) is 12.3 Å². The van der Waals surface area contributed by atoms with Gasteiger partial charge in [-0.2, -0.15) is 0 Å². The smallest absolute Gasteiger partial charge is 0.190 e. The summed E-state index contributed by atoms with van der Waals surface area (Å²) in [5.41, 5.74) is 4.93. The Morgan fingerprint density at radius 3 is 2.89 bits per heavy atom. The zero-order chi connectivity index (χ0) is 7.11. The first-order valence-electron chi connectivity index (χ1n) is 2.50. The maximum atomic E-state index is 6.68. The van der Waals surface area contributed by atoms with Crippen LogP contribution in [0, 0.1) is 5.41 Å². The number of nitrogens with two attached hydrogens (primary N) is 1. The summed E-state index contributed by atoms with van der Waals surface area (Å²) in [6.45, 7) is 1.85. The Balaban J connectivity index is 3.36. The highest BCUT2D eigenvalue weighted by Crippen LogP contribution is 1.66. The van der Waals surface area contributed by atoms with Crippen LogP contribution >= 0.6 is 0 Å². The van der Waals surface area contributed by atoms with E-state index in [1.54, 1.807) is 12.3 Å². The van der Waals surface area contributed by atoms with Crippen molar-refractivity contribution in [3.63, 3.8) is 0 Å². The molecular weight excluding hydrogens is 116 g/mol. The summed E-state index contributed by atoms with van der Waals surface area (Å²) in [7, 11) is 0. The van der Waals surface area contributed by atoms with Crippen molar-refractivity contribution in [2.45, 2.75) is 6.92 Å². The van der Waals surface area contributed by atoms with Crippen LogP contribution in [0.25, 0.3) is 0 Å². The summed E-state index contributed by atoms with van der Waals surface area (Å²) in [5.74, 6) is -0.108. The van der Waals surface area contributed by atoms with E-state index in [0.29, 0.717) is 0 Å². The predicted molar refractivity (Wildman–Crippen MR) is 38.4 cm³/mol. The molecule has 0 saturated heterocycles. The van der Waals surface area contributed by atoms with Gasteiger partial charge in [-0.3, -0.25) is 5.41 Å². The van der Waals surface area contributed by atoms with Crippen LogP contribution in [0.5, 0.6) is 0 Å². The number of nitrogens with one attached hydrogen (secondary N) is 2. The SMILES string of the molecule is C/C=C/N=CNC(=N)N. The summed E-state index contributed by atoms with van der Waals surface area (Å²) >= 11 is 0. The molecule has 4 nitrogen and oxygen atoms in total. The van der Waals surface area contributed by atoms with Crippen LogP contribution in [-0.2, 0) is 0 Å². The van der Waals surface area contributed by atoms with E-state index in [0.717, 1.165) is 0 Å². The second kappa shape index (κ2) is 4.83. The average molecular weight is 126 g/mol. The van der Waals surface area contributed by atoms with Gasteiger partial charge in [0.1, 0.15) is 0 Å². The molecule has 0 aliphatic carbocycles. The van der Waals surface area contributed by atoms with Gasteiger partial charge in [-0.15, -0.1) is 0 Å². The van der Waals surface area contributed by atoms with Crippen molar-refractivity contribution >= 4 is 12.3 Å². The van der Waals surface area contributed by atoms with Gasteiger partial charge in [-0.1, -0.05) is 6.08 Å². The topological polar surface area (TPSA) is 74.3 Å². The van der Waals surface area contributed by atoms with Gasteiger partial charge in [0, 0.05) is 6.20 Å². The van der Waals surface area contributed by atoms with E-state index in [9.17, 15) is 0 Å². The quantitative estimate of drug-likeness (QED) is 0.360. The third-order valence-corrected chi connectivity index (χ3v) is 0.530. The van der Waals surface area contributed by atoms with Crippen molar-refractivity contribution in [1.29, 1.82) is 5.41 Å². The molecule has 0 fully saturated rings. The monoisotopic (exact) mass is 126 g/mol. The van der Waals surface area contributed by atoms with Crippen molar-refractivity contribution in [2.75, 3.05) is 0 Å². The van der Waals surface area contributed by atoms with Crippen molar-refractivity contribution < 1.29 is 0 Å². The van der Waals surface area contributed by atoms with Gasteiger partial charge in [0.25, 0.3) is 0 Å². The molecule has 0 aromatic rings. The molecule has 0 radical (unpaired) electrons. The lowest BCUT2D eigenvalue weighted by molar-refractivity contribution is 1.26. The molecule has 0 aromatic heterocycles. The molecule has 0 amide bonds. The lowest BCUT2D eigenvalue weighted by Crippen LogP contribution is -2.28. The highest BCUT2D eigenvalue weighted by molar-refractivity contribution is 5.86. The largest absolute Gasteiger partial charge is 0.370 e. The van der Waals surface area contributed by atoms with Gasteiger partial charge in [-0.25, -0.2) is 4.99 Å². The summed E-state index contributed by atoms with van der Waals surface area (Å²) in [6.07, 6.45) is 4.72. The Hall–Kier alpha value is -1.32. The van der Waals surface area contributed by atoms with Gasteiger partial charge in [0.15, 0.2) is 5.96 Å². The molecule has 0 atom stereocenters. The van der Waals surface area contributed by atoms with Crippen LogP contribution in [0.15, 0.2) is 17.3 Å². The molecule has 0 rings (SSSR count). The highest BCUT2D eigenvalue weighted by Gasteiger charge is 1.73. The Morgan fingerprint density at radius 2 is 2.44 bits per heavy atom. The fourth-order valence-corrected chi connectivity index (χ4v) is 0.236. The number of hydrogen-bond donors (Lipinski definition) is 3. The molecule has 0 saturated carbocycles. The third kappa shape index (κ3) is 6.68. The van der Waals surface area contributed by atoms with Crippen molar-refractivity contribution in [1.82, 2.24) is 5.32 Å². The maximum absolute atomic E-state index is 6.68. The minimum Gasteiger partial charge on any atom is -0.370 e. The van der Waals surface area contributed by atoms with Crippen molar-refractivity contribution in [3.8, 4) is 0 Å². The zero-order valence-corrected chi connectivity index (χ0v) is 5.26. The minimum atomic E-state index is -0.108. The number of allylic oxidation sites excluding steroid dienone is 1. The number of nitrogens with zero attached hydrogens (tertiary/aromatic N) is 1. The molecule has 0 heterocycles. The van der Waals surface area contributed by atoms with E-state index in [1.165, 1.54) is 6.34 Å². The third-order valence-electron chi connectivity index (χ3n) is 0.530. The van der Waals surface area contributed by atoms with E-state index in [2.05, 4.69) is 10.3 Å². The second-order valence-corrected chi connectivity index (χ2v) is 1.32. The molecule has 0 bridgehead atoms. The molecule has 4 heteroatoms. The average Bonchev–Trinajstić information content (AvgIpc) is 1.80. The molecule has 4 N–H and O–H groups in total. The van der Waals surface area contributed by atoms with E-state index in [4.69, 9.17) is 11.1 Å². The first kappa shape index (κ1) is 7.68. The van der Waals surface area contributed by atoms with Gasteiger partial charge in [0.05, 0.1) is 6.34 Å². The number of hydrogen-bond acceptors (Lipinski definition) is 2. The minimum absolute atomic E-state index is 0.108. The lowest BCUT2D eigenvalue weighted by Gasteiger charge is -1.89. The van der Waals surface area contributed by atoms with Crippen LogP contribution in [0.1, 0.15) is 6.92 Å².